The van der Waals surface area contributed by atoms with Gasteiger partial charge in [-0.15, -0.1) is 0 Å². The molecule has 12 rings (SSSR count). The van der Waals surface area contributed by atoms with E-state index in [0.717, 1.165) is 52.1 Å². The molecule has 2 aliphatic carbocycles. The Kier molecular flexibility index (Phi) is 7.37. The molecule has 3 aromatic heterocycles. The minimum absolute atomic E-state index is 0.0770. The lowest BCUT2D eigenvalue weighted by Gasteiger charge is -2.25. The maximum absolute atomic E-state index is 5.37. The Morgan fingerprint density at radius 3 is 1.71 bits per heavy atom. The average Bonchev–Trinajstić information content (AvgIpc) is 3.88. The Labute approximate surface area is 343 Å². The van der Waals surface area contributed by atoms with Crippen molar-refractivity contribution in [3.8, 4) is 45.3 Å². The summed E-state index contributed by atoms with van der Waals surface area (Å²) in [5.41, 5.74) is 17.6. The quantitative estimate of drug-likeness (QED) is 0.175. The molecule has 3 heterocycles. The highest BCUT2D eigenvalue weighted by molar-refractivity contribution is 6.14. The molecule has 7 aromatic carbocycles. The number of benzene rings is 7. The Morgan fingerprint density at radius 2 is 1.03 bits per heavy atom. The van der Waals surface area contributed by atoms with Crippen LogP contribution in [0, 0.1) is 0 Å². The van der Waals surface area contributed by atoms with Crippen molar-refractivity contribution in [3.63, 3.8) is 0 Å². The van der Waals surface area contributed by atoms with Crippen molar-refractivity contribution < 1.29 is 0 Å². The largest absolute Gasteiger partial charge is 0.309 e. The first-order valence-corrected chi connectivity index (χ1v) is 20.6. The molecule has 0 bridgehead atoms. The van der Waals surface area contributed by atoms with Crippen molar-refractivity contribution in [2.24, 2.45) is 0 Å². The summed E-state index contributed by atoms with van der Waals surface area (Å²) in [5, 5.41) is 4.89. The van der Waals surface area contributed by atoms with Crippen molar-refractivity contribution in [2.45, 2.75) is 32.1 Å². The predicted octanol–water partition coefficient (Wildman–Crippen LogP) is 14.1. The summed E-state index contributed by atoms with van der Waals surface area (Å²) in [7, 11) is 0. The van der Waals surface area contributed by atoms with Crippen LogP contribution in [0.4, 0.5) is 0 Å². The molecule has 10 aromatic rings. The molecule has 4 heteroatoms. The van der Waals surface area contributed by atoms with Gasteiger partial charge in [0.05, 0.1) is 33.5 Å². The molecule has 0 amide bonds. The topological polar surface area (TPSA) is 35.6 Å². The molecule has 0 saturated heterocycles. The van der Waals surface area contributed by atoms with Crippen molar-refractivity contribution in [2.75, 3.05) is 0 Å². The van der Waals surface area contributed by atoms with Crippen molar-refractivity contribution >= 4 is 49.2 Å². The first-order valence-electron chi connectivity index (χ1n) is 20.6. The van der Waals surface area contributed by atoms with Crippen LogP contribution in [0.3, 0.4) is 0 Å². The van der Waals surface area contributed by atoms with E-state index in [1.165, 1.54) is 66.0 Å². The number of para-hydroxylation sites is 2. The standard InChI is InChI=1S/C55H40N4/c1-55(2)46-24-14-12-22-40(46)42-32-45-44-31-38(37-26-28-51-43(30-37)41-23-13-15-25-50(41)58(51)39-20-10-5-11-21-39)27-29-52(44)59(53(45)33-47(42)55)54-56-48(35-16-6-3-7-17-35)34-49(57-54)36-18-8-4-9-19-36/h3-13,15-23,25-34H,14,24H2,1-2H3. The first kappa shape index (κ1) is 33.8. The van der Waals surface area contributed by atoms with E-state index < -0.39 is 0 Å². The van der Waals surface area contributed by atoms with Crippen LogP contribution in [0.2, 0.25) is 0 Å². The minimum Gasteiger partial charge on any atom is -0.309 e. The highest BCUT2D eigenvalue weighted by Crippen LogP contribution is 2.52. The van der Waals surface area contributed by atoms with Crippen LogP contribution in [-0.4, -0.2) is 19.1 Å². The fraction of sp³-hybridized carbons (Fsp3) is 0.0909. The molecule has 0 aliphatic heterocycles. The summed E-state index contributed by atoms with van der Waals surface area (Å²) in [4.78, 5) is 10.7. The number of allylic oxidation sites excluding steroid dienone is 4. The van der Waals surface area contributed by atoms with E-state index in [1.807, 2.05) is 0 Å². The van der Waals surface area contributed by atoms with E-state index in [2.05, 4.69) is 205 Å². The van der Waals surface area contributed by atoms with Crippen molar-refractivity contribution in [1.29, 1.82) is 0 Å². The summed E-state index contributed by atoms with van der Waals surface area (Å²) in [6, 6.07) is 61.3. The predicted molar refractivity (Wildman–Crippen MR) is 245 cm³/mol. The normalized spacial score (nSPS) is 14.5. The van der Waals surface area contributed by atoms with Gasteiger partial charge in [-0.25, -0.2) is 9.97 Å². The highest BCUT2D eigenvalue weighted by atomic mass is 15.2. The molecule has 59 heavy (non-hydrogen) atoms. The summed E-state index contributed by atoms with van der Waals surface area (Å²) in [6.45, 7) is 4.80. The number of fused-ring (bicyclic) bond motifs is 8. The van der Waals surface area contributed by atoms with Gasteiger partial charge in [-0.3, -0.25) is 4.57 Å². The summed E-state index contributed by atoms with van der Waals surface area (Å²) >= 11 is 0. The smallest absolute Gasteiger partial charge is 0.235 e. The maximum atomic E-state index is 5.37. The van der Waals surface area contributed by atoms with Gasteiger partial charge in [0, 0.05) is 43.8 Å². The van der Waals surface area contributed by atoms with Crippen LogP contribution in [0.15, 0.2) is 188 Å². The molecule has 0 unspecified atom stereocenters. The van der Waals surface area contributed by atoms with Crippen LogP contribution in [0.5, 0.6) is 0 Å². The van der Waals surface area contributed by atoms with Crippen LogP contribution in [-0.2, 0) is 5.41 Å². The third-order valence-corrected chi connectivity index (χ3v) is 12.9. The maximum Gasteiger partial charge on any atom is 0.235 e. The SMILES string of the molecule is CC1(C)C2=C(C=CCC2)c2cc3c4cc(-c5ccc6c(c5)c5ccccc5n6-c5ccccc5)ccc4n(-c4nc(-c5ccccc5)cc(-c5ccccc5)n4)c3cc21. The Bertz CT molecular complexity index is 3320. The fourth-order valence-electron chi connectivity index (χ4n) is 9.98. The van der Waals surface area contributed by atoms with Gasteiger partial charge in [-0.2, -0.15) is 0 Å². The molecule has 280 valence electrons. The third-order valence-electron chi connectivity index (χ3n) is 12.9. The molecule has 0 N–H and O–H groups in total. The molecule has 0 radical (unpaired) electrons. The Balaban J connectivity index is 1.12. The second kappa shape index (κ2) is 12.9. The van der Waals surface area contributed by atoms with Crippen molar-refractivity contribution in [1.82, 2.24) is 19.1 Å². The summed E-state index contributed by atoms with van der Waals surface area (Å²) in [6.07, 6.45) is 6.89. The van der Waals surface area contributed by atoms with Crippen LogP contribution in [0.1, 0.15) is 37.8 Å². The van der Waals surface area contributed by atoms with Gasteiger partial charge in [-0.1, -0.05) is 141 Å². The van der Waals surface area contributed by atoms with Gasteiger partial charge >= 0.3 is 0 Å². The highest BCUT2D eigenvalue weighted by Gasteiger charge is 2.38. The zero-order valence-corrected chi connectivity index (χ0v) is 33.0. The van der Waals surface area contributed by atoms with Crippen molar-refractivity contribution in [3.05, 3.63) is 199 Å². The van der Waals surface area contributed by atoms with Gasteiger partial charge in [-0.05, 0) is 101 Å². The van der Waals surface area contributed by atoms with Gasteiger partial charge in [0.1, 0.15) is 0 Å². The number of hydrogen-bond acceptors (Lipinski definition) is 2. The lowest BCUT2D eigenvalue weighted by atomic mass is 9.78. The van der Waals surface area contributed by atoms with E-state index >= 15 is 0 Å². The van der Waals surface area contributed by atoms with E-state index in [0.29, 0.717) is 5.95 Å². The van der Waals surface area contributed by atoms with E-state index in [9.17, 15) is 0 Å². The monoisotopic (exact) mass is 756 g/mol. The van der Waals surface area contributed by atoms with E-state index in [1.54, 1.807) is 0 Å². The molecular weight excluding hydrogens is 717 g/mol. The molecule has 0 fully saturated rings. The molecule has 0 saturated carbocycles. The van der Waals surface area contributed by atoms with Crippen LogP contribution >= 0.6 is 0 Å². The minimum atomic E-state index is -0.0770. The Hall–Kier alpha value is -7.30. The fourth-order valence-corrected chi connectivity index (χ4v) is 9.98. The second-order valence-corrected chi connectivity index (χ2v) is 16.5. The Morgan fingerprint density at radius 1 is 0.475 bits per heavy atom. The molecule has 0 atom stereocenters. The zero-order valence-electron chi connectivity index (χ0n) is 33.0. The summed E-state index contributed by atoms with van der Waals surface area (Å²) in [5.74, 6) is 0.668. The third kappa shape index (κ3) is 5.16. The van der Waals surface area contributed by atoms with Gasteiger partial charge in [0.2, 0.25) is 5.95 Å². The van der Waals surface area contributed by atoms with Gasteiger partial charge in [0.25, 0.3) is 0 Å². The number of nitrogens with zero attached hydrogens (tertiary/aromatic N) is 4. The number of hydrogen-bond donors (Lipinski definition) is 0. The molecule has 0 spiro atoms. The molecule has 4 nitrogen and oxygen atoms in total. The number of rotatable bonds is 5. The van der Waals surface area contributed by atoms with E-state index in [4.69, 9.17) is 9.97 Å². The van der Waals surface area contributed by atoms with Gasteiger partial charge in [0.15, 0.2) is 0 Å². The lowest BCUT2D eigenvalue weighted by Crippen LogP contribution is -2.17. The van der Waals surface area contributed by atoms with Gasteiger partial charge < -0.3 is 4.57 Å². The van der Waals surface area contributed by atoms with Crippen LogP contribution in [0.25, 0.3) is 94.5 Å². The van der Waals surface area contributed by atoms with E-state index in [-0.39, 0.29) is 5.41 Å². The average molecular weight is 757 g/mol. The molecule has 2 aliphatic rings. The summed E-state index contributed by atoms with van der Waals surface area (Å²) < 4.78 is 4.69. The first-order chi connectivity index (χ1) is 29.0. The molecular formula is C55H40N4. The lowest BCUT2D eigenvalue weighted by molar-refractivity contribution is 0.608. The van der Waals surface area contributed by atoms with Crippen LogP contribution < -0.4 is 0 Å². The number of aromatic nitrogens is 4. The zero-order chi connectivity index (χ0) is 39.2. The second-order valence-electron chi connectivity index (χ2n) is 16.5.